The molecule has 0 spiro atoms. The third kappa shape index (κ3) is 2.05. The minimum atomic E-state index is -0.857. The van der Waals surface area contributed by atoms with E-state index < -0.39 is 11.9 Å². The lowest BCUT2D eigenvalue weighted by atomic mass is 10.0. The topological polar surface area (TPSA) is 57.6 Å². The fraction of sp³-hybridized carbons (Fsp3) is 0.800. The summed E-state index contributed by atoms with van der Waals surface area (Å²) in [6.45, 7) is 4.57. The number of aliphatic carboxylic acids is 1. The lowest BCUT2D eigenvalue weighted by molar-refractivity contribution is -0.142. The van der Waals surface area contributed by atoms with E-state index >= 15 is 0 Å². The van der Waals surface area contributed by atoms with Crippen LogP contribution in [0.25, 0.3) is 0 Å². The van der Waals surface area contributed by atoms with Crippen LogP contribution in [0.2, 0.25) is 0 Å². The van der Waals surface area contributed by atoms with Gasteiger partial charge in [0.2, 0.25) is 5.91 Å². The van der Waals surface area contributed by atoms with Gasteiger partial charge in [0, 0.05) is 19.0 Å². The van der Waals surface area contributed by atoms with Crippen LogP contribution >= 0.6 is 0 Å². The van der Waals surface area contributed by atoms with Gasteiger partial charge in [-0.2, -0.15) is 0 Å². The monoisotopic (exact) mass is 199 g/mol. The quantitative estimate of drug-likeness (QED) is 0.737. The first kappa shape index (κ1) is 11.0. The molecule has 1 N–H and O–H groups in total. The van der Waals surface area contributed by atoms with Crippen LogP contribution in [0.3, 0.4) is 0 Å². The van der Waals surface area contributed by atoms with E-state index in [-0.39, 0.29) is 18.4 Å². The third-order valence-corrected chi connectivity index (χ3v) is 2.86. The smallest absolute Gasteiger partial charge is 0.309 e. The van der Waals surface area contributed by atoms with E-state index in [2.05, 4.69) is 6.92 Å². The second-order valence-electron chi connectivity index (χ2n) is 3.83. The van der Waals surface area contributed by atoms with Crippen LogP contribution in [0.5, 0.6) is 0 Å². The van der Waals surface area contributed by atoms with E-state index in [0.717, 1.165) is 12.8 Å². The molecule has 1 aliphatic heterocycles. The molecule has 4 heteroatoms. The van der Waals surface area contributed by atoms with Gasteiger partial charge < -0.3 is 10.0 Å². The average molecular weight is 199 g/mol. The van der Waals surface area contributed by atoms with Gasteiger partial charge in [-0.3, -0.25) is 9.59 Å². The Bertz CT molecular complexity index is 240. The molecule has 1 rings (SSSR count). The van der Waals surface area contributed by atoms with Crippen LogP contribution in [0.1, 0.15) is 33.1 Å². The predicted molar refractivity (Wildman–Crippen MR) is 51.8 cm³/mol. The van der Waals surface area contributed by atoms with Gasteiger partial charge in [0.1, 0.15) is 0 Å². The maximum atomic E-state index is 11.5. The summed E-state index contributed by atoms with van der Waals surface area (Å²) in [6, 6.07) is -0.147. The molecule has 2 unspecified atom stereocenters. The van der Waals surface area contributed by atoms with Crippen molar-refractivity contribution in [3.8, 4) is 0 Å². The molecule has 80 valence electrons. The summed E-state index contributed by atoms with van der Waals surface area (Å²) in [7, 11) is 0. The van der Waals surface area contributed by atoms with Crippen LogP contribution in [0.15, 0.2) is 0 Å². The Morgan fingerprint density at radius 2 is 2.29 bits per heavy atom. The highest BCUT2D eigenvalue weighted by atomic mass is 16.4. The summed E-state index contributed by atoms with van der Waals surface area (Å²) in [5.74, 6) is -1.39. The number of carbonyl (C=O) groups excluding carboxylic acids is 1. The molecule has 1 fully saturated rings. The largest absolute Gasteiger partial charge is 0.481 e. The van der Waals surface area contributed by atoms with Crippen molar-refractivity contribution in [2.75, 3.05) is 6.54 Å². The van der Waals surface area contributed by atoms with E-state index in [4.69, 9.17) is 5.11 Å². The molecule has 0 aromatic carbocycles. The van der Waals surface area contributed by atoms with Crippen molar-refractivity contribution >= 4 is 11.9 Å². The maximum Gasteiger partial charge on any atom is 0.309 e. The normalized spacial score (nSPS) is 27.0. The van der Waals surface area contributed by atoms with E-state index in [1.807, 2.05) is 6.92 Å². The van der Waals surface area contributed by atoms with Crippen molar-refractivity contribution < 1.29 is 14.7 Å². The summed E-state index contributed by atoms with van der Waals surface area (Å²) in [5, 5.41) is 8.87. The Morgan fingerprint density at radius 3 is 2.71 bits per heavy atom. The number of hydrogen-bond donors (Lipinski definition) is 1. The number of amides is 1. The number of rotatable bonds is 4. The van der Waals surface area contributed by atoms with Gasteiger partial charge in [0.25, 0.3) is 0 Å². The molecule has 1 saturated heterocycles. The number of unbranched alkanes of at least 4 members (excludes halogenated alkanes) is 1. The van der Waals surface area contributed by atoms with Crippen molar-refractivity contribution in [1.82, 2.24) is 4.90 Å². The Morgan fingerprint density at radius 1 is 1.64 bits per heavy atom. The fourth-order valence-corrected chi connectivity index (χ4v) is 1.87. The van der Waals surface area contributed by atoms with Gasteiger partial charge in [-0.15, -0.1) is 0 Å². The van der Waals surface area contributed by atoms with Gasteiger partial charge in [-0.25, -0.2) is 0 Å². The average Bonchev–Trinajstić information content (AvgIpc) is 2.40. The molecular formula is C10H17NO3. The molecule has 2 atom stereocenters. The zero-order valence-corrected chi connectivity index (χ0v) is 8.69. The highest BCUT2D eigenvalue weighted by molar-refractivity contribution is 5.86. The van der Waals surface area contributed by atoms with E-state index in [1.165, 1.54) is 0 Å². The highest BCUT2D eigenvalue weighted by Gasteiger charge is 2.40. The van der Waals surface area contributed by atoms with Crippen LogP contribution in [-0.2, 0) is 9.59 Å². The molecule has 0 bridgehead atoms. The standard InChI is InChI=1S/C10H17NO3/c1-3-4-5-11-7(2)8(10(13)14)6-9(11)12/h7-8H,3-6H2,1-2H3,(H,13,14). The van der Waals surface area contributed by atoms with Gasteiger partial charge in [-0.1, -0.05) is 13.3 Å². The number of carboxylic acid groups (broad SMARTS) is 1. The van der Waals surface area contributed by atoms with E-state index in [0.29, 0.717) is 6.54 Å². The molecule has 1 amide bonds. The van der Waals surface area contributed by atoms with Gasteiger partial charge in [0.15, 0.2) is 0 Å². The summed E-state index contributed by atoms with van der Waals surface area (Å²) >= 11 is 0. The highest BCUT2D eigenvalue weighted by Crippen LogP contribution is 2.25. The number of hydrogen-bond acceptors (Lipinski definition) is 2. The Labute approximate surface area is 83.9 Å². The summed E-state index contributed by atoms with van der Waals surface area (Å²) in [4.78, 5) is 24.0. The minimum absolute atomic E-state index is 0.0154. The molecule has 0 aromatic heterocycles. The number of nitrogens with zero attached hydrogens (tertiary/aromatic N) is 1. The van der Waals surface area contributed by atoms with E-state index in [9.17, 15) is 9.59 Å². The number of carboxylic acids is 1. The van der Waals surface area contributed by atoms with Crippen LogP contribution in [0.4, 0.5) is 0 Å². The van der Waals surface area contributed by atoms with Gasteiger partial charge in [0.05, 0.1) is 5.92 Å². The molecule has 0 aromatic rings. The van der Waals surface area contributed by atoms with Crippen LogP contribution < -0.4 is 0 Å². The molecule has 0 radical (unpaired) electrons. The van der Waals surface area contributed by atoms with Gasteiger partial charge in [-0.05, 0) is 13.3 Å². The molecule has 1 heterocycles. The summed E-state index contributed by atoms with van der Waals surface area (Å²) in [5.41, 5.74) is 0. The Kier molecular flexibility index (Phi) is 3.49. The molecule has 0 aliphatic carbocycles. The summed E-state index contributed by atoms with van der Waals surface area (Å²) in [6.07, 6.45) is 2.14. The second kappa shape index (κ2) is 4.44. The molecule has 4 nitrogen and oxygen atoms in total. The lowest BCUT2D eigenvalue weighted by Gasteiger charge is -2.22. The Balaban J connectivity index is 2.60. The number of likely N-dealkylation sites (tertiary alicyclic amines) is 1. The van der Waals surface area contributed by atoms with Crippen molar-refractivity contribution in [2.24, 2.45) is 5.92 Å². The molecule has 1 aliphatic rings. The van der Waals surface area contributed by atoms with Crippen LogP contribution in [-0.4, -0.2) is 34.5 Å². The molecular weight excluding hydrogens is 182 g/mol. The van der Waals surface area contributed by atoms with Crippen molar-refractivity contribution in [3.05, 3.63) is 0 Å². The second-order valence-corrected chi connectivity index (χ2v) is 3.83. The van der Waals surface area contributed by atoms with E-state index in [1.54, 1.807) is 4.90 Å². The molecule has 14 heavy (non-hydrogen) atoms. The fourth-order valence-electron chi connectivity index (χ4n) is 1.87. The van der Waals surface area contributed by atoms with Crippen molar-refractivity contribution in [1.29, 1.82) is 0 Å². The zero-order valence-electron chi connectivity index (χ0n) is 8.69. The first-order valence-electron chi connectivity index (χ1n) is 5.10. The predicted octanol–water partition coefficient (Wildman–Crippen LogP) is 1.11. The first-order valence-corrected chi connectivity index (χ1v) is 5.10. The third-order valence-electron chi connectivity index (χ3n) is 2.86. The lowest BCUT2D eigenvalue weighted by Crippen LogP contribution is -2.35. The molecule has 0 saturated carbocycles. The van der Waals surface area contributed by atoms with Crippen molar-refractivity contribution in [3.63, 3.8) is 0 Å². The van der Waals surface area contributed by atoms with Crippen molar-refractivity contribution in [2.45, 2.75) is 39.2 Å². The SMILES string of the molecule is CCCCN1C(=O)CC(C(=O)O)C1C. The maximum absolute atomic E-state index is 11.5. The van der Waals surface area contributed by atoms with Gasteiger partial charge >= 0.3 is 5.97 Å². The van der Waals surface area contributed by atoms with Crippen LogP contribution in [0, 0.1) is 5.92 Å². The minimum Gasteiger partial charge on any atom is -0.481 e. The zero-order chi connectivity index (χ0) is 10.7. The first-order chi connectivity index (χ1) is 6.57. The number of carbonyl (C=O) groups is 2. The summed E-state index contributed by atoms with van der Waals surface area (Å²) < 4.78 is 0. The Hall–Kier alpha value is -1.06.